The second kappa shape index (κ2) is 4.98. The summed E-state index contributed by atoms with van der Waals surface area (Å²) in [6.07, 6.45) is 5.52. The van der Waals surface area contributed by atoms with E-state index in [9.17, 15) is 13.2 Å². The largest absolute Gasteiger partial charge is 0.466 e. The van der Waals surface area contributed by atoms with Gasteiger partial charge in [-0.2, -0.15) is 4.31 Å². The normalized spacial score (nSPS) is 26.8. The van der Waals surface area contributed by atoms with Crippen LogP contribution in [0.3, 0.4) is 0 Å². The highest BCUT2D eigenvalue weighted by Gasteiger charge is 2.63. The fraction of sp³-hybridized carbons (Fsp3) is 0.929. The third kappa shape index (κ3) is 3.01. The van der Waals surface area contributed by atoms with E-state index in [2.05, 4.69) is 0 Å². The van der Waals surface area contributed by atoms with Crippen LogP contribution in [-0.4, -0.2) is 43.6 Å². The van der Waals surface area contributed by atoms with E-state index in [1.165, 1.54) is 12.8 Å². The summed E-state index contributed by atoms with van der Waals surface area (Å²) in [4.78, 5) is 11.4. The number of sulfonamides is 1. The first-order chi connectivity index (χ1) is 9.47. The molecule has 3 aliphatic rings. The lowest BCUT2D eigenvalue weighted by Crippen LogP contribution is -2.37. The maximum absolute atomic E-state index is 12.5. The van der Waals surface area contributed by atoms with Crippen LogP contribution in [0.4, 0.5) is 0 Å². The van der Waals surface area contributed by atoms with Crippen molar-refractivity contribution in [3.63, 3.8) is 0 Å². The molecule has 1 unspecified atom stereocenters. The summed E-state index contributed by atoms with van der Waals surface area (Å²) < 4.78 is 31.5. The van der Waals surface area contributed by atoms with Crippen LogP contribution in [0.15, 0.2) is 0 Å². The molecule has 114 valence electrons. The quantitative estimate of drug-likeness (QED) is 0.638. The van der Waals surface area contributed by atoms with Gasteiger partial charge in [0.2, 0.25) is 10.0 Å². The summed E-state index contributed by atoms with van der Waals surface area (Å²) in [5.41, 5.74) is 0.406. The molecule has 0 aromatic carbocycles. The van der Waals surface area contributed by atoms with E-state index in [-0.39, 0.29) is 30.7 Å². The van der Waals surface area contributed by atoms with Crippen molar-refractivity contribution < 1.29 is 17.9 Å². The third-order valence-electron chi connectivity index (χ3n) is 4.82. The highest BCUT2D eigenvalue weighted by Crippen LogP contribution is 2.70. The minimum absolute atomic E-state index is 0.128. The molecule has 20 heavy (non-hydrogen) atoms. The molecule has 1 atom stereocenters. The zero-order valence-corrected chi connectivity index (χ0v) is 12.8. The first-order valence-electron chi connectivity index (χ1n) is 7.62. The molecule has 3 rings (SSSR count). The first kappa shape index (κ1) is 14.3. The van der Waals surface area contributed by atoms with Crippen molar-refractivity contribution in [2.75, 3.05) is 18.9 Å². The molecule has 0 N–H and O–H groups in total. The standard InChI is InChI=1S/C14H23NO4S/c1-2-19-13(16)5-8-15(12-3-4-12)20(17,18)10-11-9-14(11)6-7-14/h11-12H,2-10H2,1H3. The zero-order valence-electron chi connectivity index (χ0n) is 12.0. The Labute approximate surface area is 120 Å². The van der Waals surface area contributed by atoms with Crippen molar-refractivity contribution in [2.45, 2.75) is 51.5 Å². The molecule has 6 heteroatoms. The van der Waals surface area contributed by atoms with Crippen molar-refractivity contribution in [1.29, 1.82) is 0 Å². The Balaban J connectivity index is 1.56. The summed E-state index contributed by atoms with van der Waals surface area (Å²) in [6, 6.07) is 0.128. The van der Waals surface area contributed by atoms with Crippen molar-refractivity contribution in [2.24, 2.45) is 11.3 Å². The Bertz CT molecular complexity index is 493. The Morgan fingerprint density at radius 3 is 2.55 bits per heavy atom. The summed E-state index contributed by atoms with van der Waals surface area (Å²) in [5.74, 6) is 0.349. The van der Waals surface area contributed by atoms with Crippen LogP contribution in [0, 0.1) is 11.3 Å². The van der Waals surface area contributed by atoms with Crippen molar-refractivity contribution >= 4 is 16.0 Å². The highest BCUT2D eigenvalue weighted by atomic mass is 32.2. The maximum atomic E-state index is 12.5. The zero-order chi connectivity index (χ0) is 14.4. The number of carbonyl (C=O) groups is 1. The van der Waals surface area contributed by atoms with Gasteiger partial charge in [0.25, 0.3) is 0 Å². The van der Waals surface area contributed by atoms with Gasteiger partial charge in [0.1, 0.15) is 0 Å². The molecule has 0 radical (unpaired) electrons. The van der Waals surface area contributed by atoms with Gasteiger partial charge in [0, 0.05) is 12.6 Å². The summed E-state index contributed by atoms with van der Waals surface area (Å²) in [7, 11) is -3.21. The van der Waals surface area contributed by atoms with E-state index in [1.54, 1.807) is 11.2 Å². The molecule has 5 nitrogen and oxygen atoms in total. The van der Waals surface area contributed by atoms with Gasteiger partial charge in [0.15, 0.2) is 0 Å². The van der Waals surface area contributed by atoms with Crippen molar-refractivity contribution in [3.05, 3.63) is 0 Å². The minimum atomic E-state index is -3.21. The van der Waals surface area contributed by atoms with Crippen molar-refractivity contribution in [3.8, 4) is 0 Å². The highest BCUT2D eigenvalue weighted by molar-refractivity contribution is 7.89. The van der Waals surface area contributed by atoms with Crippen LogP contribution in [-0.2, 0) is 19.6 Å². The molecule has 0 aliphatic heterocycles. The van der Waals surface area contributed by atoms with Crippen LogP contribution in [0.5, 0.6) is 0 Å². The predicted octanol–water partition coefficient (Wildman–Crippen LogP) is 1.53. The van der Waals surface area contributed by atoms with E-state index in [4.69, 9.17) is 4.74 Å². The molecule has 0 bridgehead atoms. The van der Waals surface area contributed by atoms with E-state index in [1.807, 2.05) is 0 Å². The van der Waals surface area contributed by atoms with Crippen LogP contribution >= 0.6 is 0 Å². The lowest BCUT2D eigenvalue weighted by atomic mass is 10.3. The van der Waals surface area contributed by atoms with Gasteiger partial charge in [-0.05, 0) is 50.4 Å². The smallest absolute Gasteiger partial charge is 0.307 e. The van der Waals surface area contributed by atoms with E-state index >= 15 is 0 Å². The van der Waals surface area contributed by atoms with Crippen LogP contribution < -0.4 is 0 Å². The van der Waals surface area contributed by atoms with Crippen molar-refractivity contribution in [1.82, 2.24) is 4.31 Å². The Kier molecular flexibility index (Phi) is 3.57. The molecule has 0 aromatic rings. The second-order valence-corrected chi connectivity index (χ2v) is 8.41. The number of esters is 1. The average Bonchev–Trinajstić information content (AvgIpc) is 3.22. The molecule has 0 saturated heterocycles. The number of nitrogens with zero attached hydrogens (tertiary/aromatic N) is 1. The number of carbonyl (C=O) groups excluding carboxylic acids is 1. The third-order valence-corrected chi connectivity index (χ3v) is 6.83. The molecule has 3 fully saturated rings. The molecule has 0 heterocycles. The molecular weight excluding hydrogens is 278 g/mol. The topological polar surface area (TPSA) is 63.7 Å². The van der Waals surface area contributed by atoms with E-state index in [0.717, 1.165) is 19.3 Å². The summed E-state index contributed by atoms with van der Waals surface area (Å²) >= 11 is 0. The molecule has 0 amide bonds. The number of hydrogen-bond donors (Lipinski definition) is 0. The summed E-state index contributed by atoms with van der Waals surface area (Å²) in [6.45, 7) is 2.39. The molecule has 0 aromatic heterocycles. The maximum Gasteiger partial charge on any atom is 0.307 e. The monoisotopic (exact) mass is 301 g/mol. The van der Waals surface area contributed by atoms with Gasteiger partial charge in [0.05, 0.1) is 18.8 Å². The number of hydrogen-bond acceptors (Lipinski definition) is 4. The first-order valence-corrected chi connectivity index (χ1v) is 9.23. The fourth-order valence-electron chi connectivity index (χ4n) is 3.14. The lowest BCUT2D eigenvalue weighted by molar-refractivity contribution is -0.143. The molecule has 3 aliphatic carbocycles. The number of ether oxygens (including phenoxy) is 1. The van der Waals surface area contributed by atoms with Gasteiger partial charge in [-0.25, -0.2) is 8.42 Å². The molecule has 3 saturated carbocycles. The minimum Gasteiger partial charge on any atom is -0.466 e. The second-order valence-electron chi connectivity index (χ2n) is 6.44. The van der Waals surface area contributed by atoms with Gasteiger partial charge in [-0.1, -0.05) is 0 Å². The Morgan fingerprint density at radius 1 is 1.35 bits per heavy atom. The van der Waals surface area contributed by atoms with Gasteiger partial charge in [-0.3, -0.25) is 4.79 Å². The van der Waals surface area contributed by atoms with Crippen LogP contribution in [0.25, 0.3) is 0 Å². The van der Waals surface area contributed by atoms with Crippen LogP contribution in [0.2, 0.25) is 0 Å². The Morgan fingerprint density at radius 2 is 2.05 bits per heavy atom. The van der Waals surface area contributed by atoms with Gasteiger partial charge in [-0.15, -0.1) is 0 Å². The fourth-order valence-corrected chi connectivity index (χ4v) is 5.34. The van der Waals surface area contributed by atoms with E-state index in [0.29, 0.717) is 17.9 Å². The lowest BCUT2D eigenvalue weighted by Gasteiger charge is -2.21. The average molecular weight is 301 g/mol. The van der Waals surface area contributed by atoms with Gasteiger partial charge >= 0.3 is 5.97 Å². The summed E-state index contributed by atoms with van der Waals surface area (Å²) in [5, 5.41) is 0. The Hall–Kier alpha value is -0.620. The van der Waals surface area contributed by atoms with Gasteiger partial charge < -0.3 is 4.74 Å². The number of rotatable bonds is 8. The predicted molar refractivity (Wildman–Crippen MR) is 74.5 cm³/mol. The van der Waals surface area contributed by atoms with Crippen LogP contribution in [0.1, 0.15) is 45.4 Å². The molecular formula is C14H23NO4S. The molecule has 1 spiro atoms. The SMILES string of the molecule is CCOC(=O)CCN(C1CC1)S(=O)(=O)CC1CC12CC2. The van der Waals surface area contributed by atoms with E-state index < -0.39 is 10.0 Å².